The molecule has 0 amide bonds. The molecule has 0 aliphatic carbocycles. The van der Waals surface area contributed by atoms with Crippen LogP contribution in [0.1, 0.15) is 68.6 Å². The lowest BCUT2D eigenvalue weighted by Gasteiger charge is -2.10. The van der Waals surface area contributed by atoms with Gasteiger partial charge in [-0.1, -0.05) is 51.9 Å². The maximum atomic E-state index is 12.0. The van der Waals surface area contributed by atoms with Crippen molar-refractivity contribution in [3.05, 3.63) is 30.1 Å². The van der Waals surface area contributed by atoms with Crippen molar-refractivity contribution in [2.45, 2.75) is 64.3 Å². The maximum Gasteiger partial charge on any atom is 0.181 e. The molecule has 0 aromatic carbocycles. The SMILES string of the molecule is CCCCCCCCCC(N)C(=O)c1cccnc1. The minimum Gasteiger partial charge on any atom is -0.321 e. The number of pyridine rings is 1. The third kappa shape index (κ3) is 6.48. The molecule has 1 aromatic rings. The molecule has 0 fully saturated rings. The molecule has 0 radical (unpaired) electrons. The van der Waals surface area contributed by atoms with E-state index >= 15 is 0 Å². The van der Waals surface area contributed by atoms with Crippen LogP contribution in [0.3, 0.4) is 0 Å². The molecule has 3 heteroatoms. The average molecular weight is 262 g/mol. The molecule has 0 saturated heterocycles. The number of Topliss-reactive ketones (excluding diaryl/α,β-unsaturated/α-hetero) is 1. The lowest BCUT2D eigenvalue weighted by atomic mass is 10.00. The Bertz CT molecular complexity index is 351. The number of carbonyl (C=O) groups is 1. The van der Waals surface area contributed by atoms with Gasteiger partial charge < -0.3 is 5.73 Å². The van der Waals surface area contributed by atoms with Crippen LogP contribution in [-0.2, 0) is 0 Å². The molecule has 1 atom stereocenters. The Morgan fingerprint density at radius 3 is 2.53 bits per heavy atom. The zero-order valence-electron chi connectivity index (χ0n) is 12.0. The van der Waals surface area contributed by atoms with Gasteiger partial charge in [0, 0.05) is 18.0 Å². The summed E-state index contributed by atoms with van der Waals surface area (Å²) in [4.78, 5) is 15.9. The van der Waals surface area contributed by atoms with Gasteiger partial charge in [0.15, 0.2) is 5.78 Å². The molecule has 0 aliphatic heterocycles. The predicted molar refractivity (Wildman–Crippen MR) is 79.2 cm³/mol. The van der Waals surface area contributed by atoms with Crippen molar-refractivity contribution in [2.75, 3.05) is 0 Å². The largest absolute Gasteiger partial charge is 0.321 e. The molecular weight excluding hydrogens is 236 g/mol. The molecule has 0 spiro atoms. The number of ketones is 1. The van der Waals surface area contributed by atoms with Crippen LogP contribution in [0.25, 0.3) is 0 Å². The van der Waals surface area contributed by atoms with Crippen molar-refractivity contribution in [3.63, 3.8) is 0 Å². The van der Waals surface area contributed by atoms with E-state index in [9.17, 15) is 4.79 Å². The third-order valence-corrected chi connectivity index (χ3v) is 3.40. The van der Waals surface area contributed by atoms with Crippen molar-refractivity contribution in [1.82, 2.24) is 4.98 Å². The first-order valence-corrected chi connectivity index (χ1v) is 7.45. The summed E-state index contributed by atoms with van der Waals surface area (Å²) in [7, 11) is 0. The van der Waals surface area contributed by atoms with E-state index in [1.165, 1.54) is 38.5 Å². The summed E-state index contributed by atoms with van der Waals surface area (Å²) in [5.41, 5.74) is 6.56. The molecule has 106 valence electrons. The average Bonchev–Trinajstić information content (AvgIpc) is 2.46. The highest BCUT2D eigenvalue weighted by molar-refractivity contribution is 5.99. The number of aromatic nitrogens is 1. The fourth-order valence-corrected chi connectivity index (χ4v) is 2.18. The highest BCUT2D eigenvalue weighted by Crippen LogP contribution is 2.11. The number of hydrogen-bond donors (Lipinski definition) is 1. The Morgan fingerprint density at radius 2 is 1.89 bits per heavy atom. The van der Waals surface area contributed by atoms with Crippen molar-refractivity contribution in [2.24, 2.45) is 5.73 Å². The van der Waals surface area contributed by atoms with E-state index in [1.54, 1.807) is 24.5 Å². The number of unbranched alkanes of at least 4 members (excludes halogenated alkanes) is 6. The number of rotatable bonds is 10. The molecule has 0 aliphatic rings. The third-order valence-electron chi connectivity index (χ3n) is 3.40. The van der Waals surface area contributed by atoms with E-state index in [0.717, 1.165) is 12.8 Å². The quantitative estimate of drug-likeness (QED) is 0.516. The Balaban J connectivity index is 2.14. The van der Waals surface area contributed by atoms with Gasteiger partial charge in [0.25, 0.3) is 0 Å². The summed E-state index contributed by atoms with van der Waals surface area (Å²) in [6.45, 7) is 2.23. The Hall–Kier alpha value is -1.22. The molecule has 1 unspecified atom stereocenters. The van der Waals surface area contributed by atoms with Gasteiger partial charge in [0.05, 0.1) is 6.04 Å². The molecule has 19 heavy (non-hydrogen) atoms. The molecular formula is C16H26N2O. The second kappa shape index (κ2) is 9.68. The first-order chi connectivity index (χ1) is 9.25. The van der Waals surface area contributed by atoms with Gasteiger partial charge in [0.2, 0.25) is 0 Å². The molecule has 1 heterocycles. The predicted octanol–water partition coefficient (Wildman–Crippen LogP) is 3.73. The molecule has 0 bridgehead atoms. The van der Waals surface area contributed by atoms with Crippen molar-refractivity contribution < 1.29 is 4.79 Å². The van der Waals surface area contributed by atoms with E-state index in [0.29, 0.717) is 5.56 Å². The Labute approximate surface area is 116 Å². The fraction of sp³-hybridized carbons (Fsp3) is 0.625. The van der Waals surface area contributed by atoms with Gasteiger partial charge in [0.1, 0.15) is 0 Å². The number of nitrogens with two attached hydrogens (primary N) is 1. The van der Waals surface area contributed by atoms with Crippen molar-refractivity contribution >= 4 is 5.78 Å². The molecule has 1 aromatic heterocycles. The van der Waals surface area contributed by atoms with E-state index in [4.69, 9.17) is 5.73 Å². The van der Waals surface area contributed by atoms with E-state index in [2.05, 4.69) is 11.9 Å². The van der Waals surface area contributed by atoms with Gasteiger partial charge >= 0.3 is 0 Å². The van der Waals surface area contributed by atoms with Gasteiger partial charge in [-0.05, 0) is 18.6 Å². The maximum absolute atomic E-state index is 12.0. The molecule has 2 N–H and O–H groups in total. The zero-order valence-corrected chi connectivity index (χ0v) is 12.0. The summed E-state index contributed by atoms with van der Waals surface area (Å²) in [5.74, 6) is 0.0130. The summed E-state index contributed by atoms with van der Waals surface area (Å²) in [6.07, 6.45) is 12.8. The monoisotopic (exact) mass is 262 g/mol. The zero-order chi connectivity index (χ0) is 13.9. The smallest absolute Gasteiger partial charge is 0.181 e. The van der Waals surface area contributed by atoms with Gasteiger partial charge in [-0.3, -0.25) is 9.78 Å². The summed E-state index contributed by atoms with van der Waals surface area (Å²) in [6, 6.07) is 3.17. The van der Waals surface area contributed by atoms with Crippen LogP contribution in [0, 0.1) is 0 Å². The number of carbonyl (C=O) groups excluding carboxylic acids is 1. The standard InChI is InChI=1S/C16H26N2O/c1-2-3-4-5-6-7-8-11-15(17)16(19)14-10-9-12-18-13-14/h9-10,12-13,15H,2-8,11,17H2,1H3. The second-order valence-corrected chi connectivity index (χ2v) is 5.12. The lowest BCUT2D eigenvalue weighted by Crippen LogP contribution is -2.30. The number of hydrogen-bond acceptors (Lipinski definition) is 3. The first kappa shape index (κ1) is 15.8. The normalized spacial score (nSPS) is 12.3. The molecule has 1 rings (SSSR count). The minimum absolute atomic E-state index is 0.0130. The van der Waals surface area contributed by atoms with Gasteiger partial charge in [-0.2, -0.15) is 0 Å². The number of nitrogens with zero attached hydrogens (tertiary/aromatic N) is 1. The fourth-order valence-electron chi connectivity index (χ4n) is 2.18. The summed E-state index contributed by atoms with van der Waals surface area (Å²) >= 11 is 0. The minimum atomic E-state index is -0.375. The topological polar surface area (TPSA) is 56.0 Å². The van der Waals surface area contributed by atoms with Crippen LogP contribution >= 0.6 is 0 Å². The van der Waals surface area contributed by atoms with Crippen LogP contribution in [0.5, 0.6) is 0 Å². The first-order valence-electron chi connectivity index (χ1n) is 7.45. The van der Waals surface area contributed by atoms with Crippen LogP contribution in [-0.4, -0.2) is 16.8 Å². The highest BCUT2D eigenvalue weighted by Gasteiger charge is 2.14. The van der Waals surface area contributed by atoms with Gasteiger partial charge in [-0.15, -0.1) is 0 Å². The Morgan fingerprint density at radius 1 is 1.21 bits per heavy atom. The second-order valence-electron chi connectivity index (χ2n) is 5.12. The van der Waals surface area contributed by atoms with Crippen LogP contribution in [0.2, 0.25) is 0 Å². The summed E-state index contributed by atoms with van der Waals surface area (Å²) < 4.78 is 0. The van der Waals surface area contributed by atoms with E-state index in [-0.39, 0.29) is 11.8 Å². The Kier molecular flexibility index (Phi) is 8.07. The van der Waals surface area contributed by atoms with Crippen LogP contribution in [0.15, 0.2) is 24.5 Å². The van der Waals surface area contributed by atoms with Crippen LogP contribution < -0.4 is 5.73 Å². The van der Waals surface area contributed by atoms with E-state index < -0.39 is 0 Å². The van der Waals surface area contributed by atoms with Crippen LogP contribution in [0.4, 0.5) is 0 Å². The lowest BCUT2D eigenvalue weighted by molar-refractivity contribution is 0.0955. The van der Waals surface area contributed by atoms with E-state index in [1.807, 2.05) is 0 Å². The molecule has 0 saturated carbocycles. The van der Waals surface area contributed by atoms with Crippen molar-refractivity contribution in [3.8, 4) is 0 Å². The van der Waals surface area contributed by atoms with Gasteiger partial charge in [-0.25, -0.2) is 0 Å². The molecule has 3 nitrogen and oxygen atoms in total. The highest BCUT2D eigenvalue weighted by atomic mass is 16.1. The summed E-state index contributed by atoms with van der Waals surface area (Å²) in [5, 5.41) is 0. The van der Waals surface area contributed by atoms with Crippen molar-refractivity contribution in [1.29, 1.82) is 0 Å².